The molecule has 9 aromatic rings. The second kappa shape index (κ2) is 12.3. The van der Waals surface area contributed by atoms with E-state index in [0.29, 0.717) is 0 Å². The van der Waals surface area contributed by atoms with Gasteiger partial charge in [0.15, 0.2) is 0 Å². The number of hydrogen-bond acceptors (Lipinski definition) is 0. The van der Waals surface area contributed by atoms with Crippen LogP contribution in [0, 0.1) is 6.92 Å². The highest BCUT2D eigenvalue weighted by Gasteiger charge is 2.44. The number of aromatic nitrogens is 2. The smallest absolute Gasteiger partial charge is 0.252 e. The van der Waals surface area contributed by atoms with Crippen molar-refractivity contribution in [3.63, 3.8) is 0 Å². The number of aryl methyl sites for hydroxylation is 1. The first-order valence-corrected chi connectivity index (χ1v) is 20.8. The van der Waals surface area contributed by atoms with Crippen molar-refractivity contribution in [3.05, 3.63) is 174 Å². The highest BCUT2D eigenvalue weighted by atomic mass is 15.0. The SMILES string of the molecule is Cc1cc2c3c(c1)-n1c(-c4ccccc4)c(-c4ccccc4)c4cc(C(C)(C)C)cc(c41)B3c1cc(C(C)(C)C)cc3c(-c4ccccc4)c(-c4ccccc4)n-2c13. The van der Waals surface area contributed by atoms with Crippen LogP contribution in [-0.2, 0) is 10.8 Å². The van der Waals surface area contributed by atoms with Gasteiger partial charge in [-0.05, 0) is 97.4 Å². The lowest BCUT2D eigenvalue weighted by Crippen LogP contribution is -2.60. The summed E-state index contributed by atoms with van der Waals surface area (Å²) in [6, 6.07) is 59.5. The summed E-state index contributed by atoms with van der Waals surface area (Å²) >= 11 is 0. The molecule has 0 amide bonds. The maximum absolute atomic E-state index is 2.65. The average molecular weight is 747 g/mol. The normalized spacial score (nSPS) is 13.1. The van der Waals surface area contributed by atoms with Crippen LogP contribution in [0.4, 0.5) is 0 Å². The van der Waals surface area contributed by atoms with Crippen LogP contribution in [0.2, 0.25) is 0 Å². The summed E-state index contributed by atoms with van der Waals surface area (Å²) in [5.74, 6) is 0. The van der Waals surface area contributed by atoms with E-state index in [9.17, 15) is 0 Å². The fraction of sp³-hybridized carbons (Fsp3) is 0.164. The Bertz CT molecular complexity index is 2890. The molecule has 0 bridgehead atoms. The summed E-state index contributed by atoms with van der Waals surface area (Å²) in [6.07, 6.45) is 0. The fourth-order valence-corrected chi connectivity index (χ4v) is 10.1. The van der Waals surface area contributed by atoms with Crippen molar-refractivity contribution in [1.82, 2.24) is 9.13 Å². The topological polar surface area (TPSA) is 9.86 Å². The summed E-state index contributed by atoms with van der Waals surface area (Å²) in [6.45, 7) is 16.5. The zero-order valence-electron chi connectivity index (χ0n) is 34.5. The lowest BCUT2D eigenvalue weighted by molar-refractivity contribution is 0.591. The van der Waals surface area contributed by atoms with Crippen molar-refractivity contribution in [1.29, 1.82) is 0 Å². The van der Waals surface area contributed by atoms with E-state index in [1.807, 2.05) is 0 Å². The molecule has 280 valence electrons. The summed E-state index contributed by atoms with van der Waals surface area (Å²) in [5.41, 5.74) is 23.2. The molecule has 7 aromatic carbocycles. The van der Waals surface area contributed by atoms with Crippen LogP contribution in [0.1, 0.15) is 58.2 Å². The Morgan fingerprint density at radius 1 is 0.414 bits per heavy atom. The minimum atomic E-state index is -0.0670. The maximum atomic E-state index is 2.65. The second-order valence-electron chi connectivity index (χ2n) is 18.7. The van der Waals surface area contributed by atoms with Gasteiger partial charge in [0.2, 0.25) is 0 Å². The first kappa shape index (κ1) is 34.9. The second-order valence-corrected chi connectivity index (χ2v) is 18.7. The minimum absolute atomic E-state index is 0.0319. The Morgan fingerprint density at radius 2 is 0.759 bits per heavy atom. The fourth-order valence-electron chi connectivity index (χ4n) is 10.1. The van der Waals surface area contributed by atoms with Gasteiger partial charge in [0.25, 0.3) is 6.71 Å². The van der Waals surface area contributed by atoms with Crippen molar-refractivity contribution in [2.75, 3.05) is 0 Å². The van der Waals surface area contributed by atoms with Crippen LogP contribution in [0.5, 0.6) is 0 Å². The lowest BCUT2D eigenvalue weighted by Gasteiger charge is -2.36. The van der Waals surface area contributed by atoms with E-state index in [1.165, 1.54) is 111 Å². The molecule has 2 aliphatic heterocycles. The van der Waals surface area contributed by atoms with Gasteiger partial charge in [0.1, 0.15) is 0 Å². The summed E-state index contributed by atoms with van der Waals surface area (Å²) < 4.78 is 5.30. The van der Waals surface area contributed by atoms with Crippen molar-refractivity contribution in [2.24, 2.45) is 0 Å². The average Bonchev–Trinajstić information content (AvgIpc) is 3.76. The third-order valence-corrected chi connectivity index (χ3v) is 12.8. The number of hydrogen-bond donors (Lipinski definition) is 0. The van der Waals surface area contributed by atoms with E-state index in [1.54, 1.807) is 0 Å². The molecule has 0 unspecified atom stereocenters. The Kier molecular flexibility index (Phi) is 7.43. The number of rotatable bonds is 4. The van der Waals surface area contributed by atoms with Crippen LogP contribution < -0.4 is 16.4 Å². The van der Waals surface area contributed by atoms with E-state index >= 15 is 0 Å². The number of nitrogens with zero attached hydrogens (tertiary/aromatic N) is 2. The van der Waals surface area contributed by atoms with Gasteiger partial charge in [-0.15, -0.1) is 0 Å². The third kappa shape index (κ3) is 4.99. The minimum Gasteiger partial charge on any atom is -0.310 e. The van der Waals surface area contributed by atoms with E-state index in [4.69, 9.17) is 0 Å². The molecule has 0 atom stereocenters. The molecule has 0 N–H and O–H groups in total. The molecule has 3 heteroatoms. The van der Waals surface area contributed by atoms with Crippen LogP contribution in [0.3, 0.4) is 0 Å². The van der Waals surface area contributed by atoms with Crippen molar-refractivity contribution in [2.45, 2.75) is 59.3 Å². The van der Waals surface area contributed by atoms with E-state index < -0.39 is 0 Å². The van der Waals surface area contributed by atoms with Gasteiger partial charge in [0.05, 0.1) is 11.4 Å². The van der Waals surface area contributed by atoms with Gasteiger partial charge in [-0.3, -0.25) is 0 Å². The van der Waals surface area contributed by atoms with E-state index in [-0.39, 0.29) is 17.5 Å². The largest absolute Gasteiger partial charge is 0.310 e. The predicted molar refractivity (Wildman–Crippen MR) is 249 cm³/mol. The Morgan fingerprint density at radius 3 is 1.10 bits per heavy atom. The van der Waals surface area contributed by atoms with Gasteiger partial charge >= 0.3 is 0 Å². The quantitative estimate of drug-likeness (QED) is 0.159. The molecule has 4 heterocycles. The molecule has 0 aliphatic carbocycles. The Labute approximate surface area is 342 Å². The van der Waals surface area contributed by atoms with Crippen molar-refractivity contribution < 1.29 is 0 Å². The van der Waals surface area contributed by atoms with Crippen LogP contribution in [0.25, 0.3) is 77.9 Å². The molecule has 0 radical (unpaired) electrons. The monoisotopic (exact) mass is 746 g/mol. The first-order valence-electron chi connectivity index (χ1n) is 20.8. The molecule has 0 fully saturated rings. The zero-order chi connectivity index (χ0) is 39.7. The molecule has 0 spiro atoms. The van der Waals surface area contributed by atoms with Gasteiger partial charge in [-0.1, -0.05) is 175 Å². The molecular formula is C55H47BN2. The standard InChI is InChI=1S/C55H47BN2/c1-34-28-45-49-46(29-34)58-51(38-26-18-11-19-27-38)48(36-22-14-9-15-23-36)42-31-40(55(5,6)7)33-44(53(42)58)56(49)43-32-39(54(2,3)4)30-41-47(35-20-12-8-13-21-35)50(57(45)52(41)43)37-24-16-10-17-25-37/h8-33H,1-7H3. The summed E-state index contributed by atoms with van der Waals surface area (Å²) in [4.78, 5) is 0. The Hall–Kier alpha value is -6.32. The lowest BCUT2D eigenvalue weighted by atomic mass is 9.33. The third-order valence-electron chi connectivity index (χ3n) is 12.8. The summed E-state index contributed by atoms with van der Waals surface area (Å²) in [5, 5.41) is 2.64. The molecule has 11 rings (SSSR count). The summed E-state index contributed by atoms with van der Waals surface area (Å²) in [7, 11) is 0. The molecule has 58 heavy (non-hydrogen) atoms. The zero-order valence-corrected chi connectivity index (χ0v) is 34.5. The van der Waals surface area contributed by atoms with Gasteiger partial charge in [0, 0.05) is 44.3 Å². The number of fused-ring (bicyclic) bond motifs is 4. The molecular weight excluding hydrogens is 699 g/mol. The van der Waals surface area contributed by atoms with Crippen LogP contribution in [-0.4, -0.2) is 15.8 Å². The highest BCUT2D eigenvalue weighted by Crippen LogP contribution is 2.49. The molecule has 2 nitrogen and oxygen atoms in total. The van der Waals surface area contributed by atoms with Crippen LogP contribution >= 0.6 is 0 Å². The van der Waals surface area contributed by atoms with Crippen LogP contribution in [0.15, 0.2) is 158 Å². The molecule has 2 aliphatic rings. The van der Waals surface area contributed by atoms with Gasteiger partial charge in [-0.2, -0.15) is 0 Å². The molecule has 0 saturated carbocycles. The predicted octanol–water partition coefficient (Wildman–Crippen LogP) is 12.3. The van der Waals surface area contributed by atoms with Crippen molar-refractivity contribution >= 4 is 44.9 Å². The first-order chi connectivity index (χ1) is 28.0. The van der Waals surface area contributed by atoms with Gasteiger partial charge < -0.3 is 9.13 Å². The Balaban J connectivity index is 1.40. The van der Waals surface area contributed by atoms with Crippen molar-refractivity contribution in [3.8, 4) is 56.1 Å². The van der Waals surface area contributed by atoms with Gasteiger partial charge in [-0.25, -0.2) is 0 Å². The number of benzene rings is 7. The van der Waals surface area contributed by atoms with E-state index in [0.717, 1.165) is 0 Å². The molecule has 2 aromatic heterocycles. The molecule has 0 saturated heterocycles. The van der Waals surface area contributed by atoms with E-state index in [2.05, 4.69) is 215 Å². The maximum Gasteiger partial charge on any atom is 0.252 e. The highest BCUT2D eigenvalue weighted by molar-refractivity contribution is 7.00.